The summed E-state index contributed by atoms with van der Waals surface area (Å²) in [5.41, 5.74) is 2.41. The lowest BCUT2D eigenvalue weighted by Gasteiger charge is -2.30. The van der Waals surface area contributed by atoms with Crippen LogP contribution in [0.1, 0.15) is 30.9 Å². The Bertz CT molecular complexity index is 454. The lowest BCUT2D eigenvalue weighted by atomic mass is 9.86. The highest BCUT2D eigenvalue weighted by atomic mass is 79.9. The first-order valence-corrected chi connectivity index (χ1v) is 6.99. The largest absolute Gasteiger partial charge is 0.492 e. The number of benzene rings is 1. The minimum absolute atomic E-state index is 0.0244. The first-order chi connectivity index (χ1) is 8.53. The smallest absolute Gasteiger partial charge is 0.175 e. The molecule has 100 valence electrons. The van der Waals surface area contributed by atoms with Gasteiger partial charge in [0.2, 0.25) is 0 Å². The SMILES string of the molecule is COc1c(Br)cc(C)c(C2(C)CCCN2)c1OC. The normalized spacial score (nSPS) is 23.2. The highest BCUT2D eigenvalue weighted by Gasteiger charge is 2.35. The van der Waals surface area contributed by atoms with Crippen LogP contribution in [-0.4, -0.2) is 20.8 Å². The summed E-state index contributed by atoms with van der Waals surface area (Å²) in [6.45, 7) is 5.41. The van der Waals surface area contributed by atoms with Crippen molar-refractivity contribution in [2.24, 2.45) is 0 Å². The molecule has 0 amide bonds. The molecule has 1 saturated heterocycles. The standard InChI is InChI=1S/C14H20BrNO2/c1-9-8-10(15)12(17-3)13(18-4)11(9)14(2)6-5-7-16-14/h8,16H,5-7H2,1-4H3. The van der Waals surface area contributed by atoms with Crippen LogP contribution in [0, 0.1) is 6.92 Å². The molecule has 0 radical (unpaired) electrons. The third kappa shape index (κ3) is 2.12. The van der Waals surface area contributed by atoms with Crippen molar-refractivity contribution in [1.29, 1.82) is 0 Å². The molecule has 1 N–H and O–H groups in total. The van der Waals surface area contributed by atoms with Gasteiger partial charge < -0.3 is 14.8 Å². The van der Waals surface area contributed by atoms with Crippen LogP contribution in [0.4, 0.5) is 0 Å². The molecule has 1 aliphatic heterocycles. The van der Waals surface area contributed by atoms with E-state index in [4.69, 9.17) is 9.47 Å². The van der Waals surface area contributed by atoms with Gasteiger partial charge in [-0.3, -0.25) is 0 Å². The zero-order valence-electron chi connectivity index (χ0n) is 11.4. The van der Waals surface area contributed by atoms with Gasteiger partial charge in [-0.1, -0.05) is 0 Å². The van der Waals surface area contributed by atoms with Gasteiger partial charge in [-0.2, -0.15) is 0 Å². The highest BCUT2D eigenvalue weighted by molar-refractivity contribution is 9.10. The molecule has 1 atom stereocenters. The van der Waals surface area contributed by atoms with Crippen molar-refractivity contribution in [2.45, 2.75) is 32.2 Å². The molecular weight excluding hydrogens is 294 g/mol. The first kappa shape index (κ1) is 13.7. The van der Waals surface area contributed by atoms with Crippen LogP contribution in [0.2, 0.25) is 0 Å². The Hall–Kier alpha value is -0.740. The van der Waals surface area contributed by atoms with Crippen molar-refractivity contribution >= 4 is 15.9 Å². The summed E-state index contributed by atoms with van der Waals surface area (Å²) >= 11 is 3.53. The fourth-order valence-corrected chi connectivity index (χ4v) is 3.59. The lowest BCUT2D eigenvalue weighted by molar-refractivity contribution is 0.331. The zero-order valence-corrected chi connectivity index (χ0v) is 13.0. The number of hydrogen-bond donors (Lipinski definition) is 1. The number of nitrogens with one attached hydrogen (secondary N) is 1. The number of methoxy groups -OCH3 is 2. The van der Waals surface area contributed by atoms with Crippen LogP contribution >= 0.6 is 15.9 Å². The molecule has 1 heterocycles. The van der Waals surface area contributed by atoms with Gasteiger partial charge >= 0.3 is 0 Å². The Balaban J connectivity index is 2.65. The highest BCUT2D eigenvalue weighted by Crippen LogP contribution is 2.46. The average Bonchev–Trinajstić information content (AvgIpc) is 2.75. The van der Waals surface area contributed by atoms with Gasteiger partial charge in [0.05, 0.1) is 18.7 Å². The average molecular weight is 314 g/mol. The fraction of sp³-hybridized carbons (Fsp3) is 0.571. The summed E-state index contributed by atoms with van der Waals surface area (Å²) in [6, 6.07) is 2.10. The second kappa shape index (κ2) is 5.10. The van der Waals surface area contributed by atoms with Crippen molar-refractivity contribution in [3.8, 4) is 11.5 Å². The molecule has 0 aromatic heterocycles. The van der Waals surface area contributed by atoms with E-state index in [1.54, 1.807) is 14.2 Å². The number of hydrogen-bond acceptors (Lipinski definition) is 3. The topological polar surface area (TPSA) is 30.5 Å². The van der Waals surface area contributed by atoms with E-state index in [-0.39, 0.29) is 5.54 Å². The van der Waals surface area contributed by atoms with Crippen LogP contribution in [-0.2, 0) is 5.54 Å². The van der Waals surface area contributed by atoms with E-state index in [0.717, 1.165) is 28.9 Å². The molecule has 2 rings (SSSR count). The zero-order chi connectivity index (χ0) is 13.3. The van der Waals surface area contributed by atoms with Crippen LogP contribution in [0.25, 0.3) is 0 Å². The van der Waals surface area contributed by atoms with Gasteiger partial charge in [-0.05, 0) is 60.8 Å². The van der Waals surface area contributed by atoms with Gasteiger partial charge in [-0.15, -0.1) is 0 Å². The van der Waals surface area contributed by atoms with Gasteiger partial charge in [0.25, 0.3) is 0 Å². The number of rotatable bonds is 3. The molecule has 1 unspecified atom stereocenters. The van der Waals surface area contributed by atoms with E-state index in [2.05, 4.69) is 41.2 Å². The Morgan fingerprint density at radius 1 is 1.28 bits per heavy atom. The van der Waals surface area contributed by atoms with E-state index in [9.17, 15) is 0 Å². The van der Waals surface area contributed by atoms with Gasteiger partial charge in [0, 0.05) is 11.1 Å². The fourth-order valence-electron chi connectivity index (χ4n) is 2.91. The molecule has 3 nitrogen and oxygen atoms in total. The predicted molar refractivity (Wildman–Crippen MR) is 76.6 cm³/mol. The third-order valence-corrected chi connectivity index (χ3v) is 4.31. The molecule has 1 aliphatic rings. The van der Waals surface area contributed by atoms with Crippen LogP contribution in [0.15, 0.2) is 10.5 Å². The van der Waals surface area contributed by atoms with Crippen molar-refractivity contribution in [3.63, 3.8) is 0 Å². The number of halogens is 1. The van der Waals surface area contributed by atoms with Crippen LogP contribution in [0.5, 0.6) is 11.5 Å². The monoisotopic (exact) mass is 313 g/mol. The van der Waals surface area contributed by atoms with Crippen molar-refractivity contribution in [3.05, 3.63) is 21.7 Å². The lowest BCUT2D eigenvalue weighted by Crippen LogP contribution is -2.34. The maximum atomic E-state index is 5.61. The summed E-state index contributed by atoms with van der Waals surface area (Å²) in [6.07, 6.45) is 2.31. The van der Waals surface area contributed by atoms with E-state index >= 15 is 0 Å². The molecule has 4 heteroatoms. The maximum absolute atomic E-state index is 5.61. The third-order valence-electron chi connectivity index (χ3n) is 3.72. The molecule has 1 aromatic rings. The summed E-state index contributed by atoms with van der Waals surface area (Å²) < 4.78 is 12.0. The van der Waals surface area contributed by atoms with E-state index in [0.29, 0.717) is 0 Å². The molecule has 0 spiro atoms. The van der Waals surface area contributed by atoms with E-state index in [1.807, 2.05) is 0 Å². The molecule has 1 fully saturated rings. The Morgan fingerprint density at radius 2 is 1.94 bits per heavy atom. The van der Waals surface area contributed by atoms with Crippen molar-refractivity contribution < 1.29 is 9.47 Å². The summed E-state index contributed by atoms with van der Waals surface area (Å²) in [4.78, 5) is 0. The molecule has 0 saturated carbocycles. The summed E-state index contributed by atoms with van der Waals surface area (Å²) in [7, 11) is 3.37. The quantitative estimate of drug-likeness (QED) is 0.928. The van der Waals surface area contributed by atoms with E-state index in [1.165, 1.54) is 17.5 Å². The maximum Gasteiger partial charge on any atom is 0.175 e. The molecule has 0 bridgehead atoms. The molecular formula is C14H20BrNO2. The summed E-state index contributed by atoms with van der Waals surface area (Å²) in [5, 5.41) is 3.58. The van der Waals surface area contributed by atoms with Crippen LogP contribution < -0.4 is 14.8 Å². The minimum Gasteiger partial charge on any atom is -0.492 e. The number of ether oxygens (including phenoxy) is 2. The molecule has 0 aliphatic carbocycles. The van der Waals surface area contributed by atoms with Crippen molar-refractivity contribution in [2.75, 3.05) is 20.8 Å². The Morgan fingerprint density at radius 3 is 2.44 bits per heavy atom. The Labute approximate surface area is 117 Å². The summed E-state index contributed by atoms with van der Waals surface area (Å²) in [5.74, 6) is 1.61. The Kier molecular flexibility index (Phi) is 3.87. The van der Waals surface area contributed by atoms with Crippen molar-refractivity contribution in [1.82, 2.24) is 5.32 Å². The second-order valence-electron chi connectivity index (χ2n) is 4.98. The molecule has 1 aromatic carbocycles. The van der Waals surface area contributed by atoms with Gasteiger partial charge in [-0.25, -0.2) is 0 Å². The second-order valence-corrected chi connectivity index (χ2v) is 5.83. The van der Waals surface area contributed by atoms with Crippen LogP contribution in [0.3, 0.4) is 0 Å². The van der Waals surface area contributed by atoms with Gasteiger partial charge in [0.15, 0.2) is 11.5 Å². The minimum atomic E-state index is -0.0244. The predicted octanol–water partition coefficient (Wildman–Crippen LogP) is 3.37. The number of aryl methyl sites for hydroxylation is 1. The molecule has 18 heavy (non-hydrogen) atoms. The first-order valence-electron chi connectivity index (χ1n) is 6.20. The van der Waals surface area contributed by atoms with Gasteiger partial charge in [0.1, 0.15) is 0 Å². The van der Waals surface area contributed by atoms with E-state index < -0.39 is 0 Å².